The Kier molecular flexibility index (Phi) is 12.6. The van der Waals surface area contributed by atoms with Crippen molar-refractivity contribution in [2.75, 3.05) is 52.5 Å². The van der Waals surface area contributed by atoms with Crippen LogP contribution in [0.25, 0.3) is 0 Å². The second kappa shape index (κ2) is 14.1. The molecule has 1 heterocycles. The van der Waals surface area contributed by atoms with E-state index in [1.165, 1.54) is 5.56 Å². The van der Waals surface area contributed by atoms with Crippen LogP contribution in [0.1, 0.15) is 33.3 Å². The zero-order chi connectivity index (χ0) is 21.1. The zero-order valence-electron chi connectivity index (χ0n) is 18.8. The van der Waals surface area contributed by atoms with E-state index in [-0.39, 0.29) is 30.1 Å². The summed E-state index contributed by atoms with van der Waals surface area (Å²) in [7, 11) is 0. The number of nitrogens with zero attached hydrogens (tertiary/aromatic N) is 2. The molecule has 1 atom stereocenters. The number of hydrogen-bond acceptors (Lipinski definition) is 5. The largest absolute Gasteiger partial charge is 0.491 e. The molecule has 8 heteroatoms. The summed E-state index contributed by atoms with van der Waals surface area (Å²) in [6.45, 7) is 13.6. The number of benzene rings is 1. The summed E-state index contributed by atoms with van der Waals surface area (Å²) in [5.74, 6) is 1.63. The van der Waals surface area contributed by atoms with Gasteiger partial charge in [0.15, 0.2) is 5.96 Å². The van der Waals surface area contributed by atoms with E-state index in [0.717, 1.165) is 57.5 Å². The molecule has 1 aliphatic heterocycles. The first kappa shape index (κ1) is 26.9. The molecule has 1 unspecified atom stereocenters. The van der Waals surface area contributed by atoms with Gasteiger partial charge < -0.3 is 25.2 Å². The minimum atomic E-state index is -0.869. The molecule has 0 spiro atoms. The number of rotatable bonds is 10. The van der Waals surface area contributed by atoms with Crippen molar-refractivity contribution in [2.24, 2.45) is 4.99 Å². The minimum Gasteiger partial charge on any atom is -0.491 e. The van der Waals surface area contributed by atoms with E-state index in [2.05, 4.69) is 32.7 Å². The summed E-state index contributed by atoms with van der Waals surface area (Å²) in [5, 5.41) is 17.3. The van der Waals surface area contributed by atoms with E-state index in [0.29, 0.717) is 13.1 Å². The number of ether oxygens (including phenoxy) is 2. The van der Waals surface area contributed by atoms with Gasteiger partial charge in [0, 0.05) is 32.7 Å². The van der Waals surface area contributed by atoms with Gasteiger partial charge in [-0.3, -0.25) is 9.89 Å². The van der Waals surface area contributed by atoms with Crippen LogP contribution < -0.4 is 15.4 Å². The Bertz CT molecular complexity index is 617. The smallest absolute Gasteiger partial charge is 0.191 e. The van der Waals surface area contributed by atoms with Crippen LogP contribution in [-0.4, -0.2) is 80.2 Å². The minimum absolute atomic E-state index is 0. The van der Waals surface area contributed by atoms with Crippen LogP contribution in [0, 0.1) is 0 Å². The van der Waals surface area contributed by atoms with E-state index in [9.17, 15) is 5.11 Å². The Morgan fingerprint density at radius 2 is 1.90 bits per heavy atom. The van der Waals surface area contributed by atoms with Gasteiger partial charge in [-0.2, -0.15) is 0 Å². The van der Waals surface area contributed by atoms with Crippen LogP contribution >= 0.6 is 24.0 Å². The van der Waals surface area contributed by atoms with Gasteiger partial charge >= 0.3 is 0 Å². The van der Waals surface area contributed by atoms with Gasteiger partial charge in [0.2, 0.25) is 0 Å². The number of nitrogens with one attached hydrogen (secondary N) is 2. The van der Waals surface area contributed by atoms with Gasteiger partial charge in [-0.1, -0.05) is 12.1 Å². The average Bonchev–Trinajstić information content (AvgIpc) is 2.67. The first-order chi connectivity index (χ1) is 13.9. The number of aliphatic hydroxyl groups is 1. The number of morpholine rings is 1. The molecule has 3 N–H and O–H groups in total. The summed E-state index contributed by atoms with van der Waals surface area (Å²) in [5.41, 5.74) is 0.370. The Morgan fingerprint density at radius 1 is 1.23 bits per heavy atom. The number of aliphatic imine (C=N–C) groups is 1. The van der Waals surface area contributed by atoms with Crippen LogP contribution in [0.2, 0.25) is 0 Å². The summed E-state index contributed by atoms with van der Waals surface area (Å²) >= 11 is 0. The van der Waals surface area contributed by atoms with E-state index < -0.39 is 5.60 Å². The van der Waals surface area contributed by atoms with E-state index in [1.807, 2.05) is 39.8 Å². The molecule has 1 fully saturated rings. The van der Waals surface area contributed by atoms with Crippen molar-refractivity contribution < 1.29 is 14.6 Å². The maximum absolute atomic E-state index is 10.7. The molecule has 0 aliphatic carbocycles. The predicted octanol–water partition coefficient (Wildman–Crippen LogP) is 2.27. The fourth-order valence-corrected chi connectivity index (χ4v) is 3.21. The maximum Gasteiger partial charge on any atom is 0.191 e. The van der Waals surface area contributed by atoms with Crippen molar-refractivity contribution in [2.45, 2.75) is 45.8 Å². The standard InChI is InChI=1S/C22H38N4O3.HI/c1-5-23-21(25-16-22(4,27)17-26-12-14-28-15-13-26)24-11-10-19-6-8-20(9-7-19)29-18(2)3;/h6-9,18,27H,5,10-17H2,1-4H3,(H2,23,24,25);1H. The van der Waals surface area contributed by atoms with Gasteiger partial charge in [0.25, 0.3) is 0 Å². The lowest BCUT2D eigenvalue weighted by Crippen LogP contribution is -2.48. The van der Waals surface area contributed by atoms with Gasteiger partial charge in [-0.25, -0.2) is 0 Å². The SMILES string of the molecule is CCNC(=NCC(C)(O)CN1CCOCC1)NCCc1ccc(OC(C)C)cc1.I. The normalized spacial score (nSPS) is 17.2. The number of guanidine groups is 1. The molecule has 1 aromatic carbocycles. The quantitative estimate of drug-likeness (QED) is 0.243. The molecule has 0 bridgehead atoms. The lowest BCUT2D eigenvalue weighted by molar-refractivity contribution is -0.0179. The Balaban J connectivity index is 0.00000450. The van der Waals surface area contributed by atoms with Crippen molar-refractivity contribution in [1.82, 2.24) is 15.5 Å². The number of hydrogen-bond donors (Lipinski definition) is 3. The second-order valence-corrected chi connectivity index (χ2v) is 8.07. The first-order valence-electron chi connectivity index (χ1n) is 10.7. The Morgan fingerprint density at radius 3 is 2.50 bits per heavy atom. The molecule has 0 radical (unpaired) electrons. The Labute approximate surface area is 198 Å². The van der Waals surface area contributed by atoms with Crippen LogP contribution in [0.3, 0.4) is 0 Å². The monoisotopic (exact) mass is 534 g/mol. The molecule has 0 saturated carbocycles. The summed E-state index contributed by atoms with van der Waals surface area (Å²) < 4.78 is 11.1. The summed E-state index contributed by atoms with van der Waals surface area (Å²) in [4.78, 5) is 6.82. The molecule has 30 heavy (non-hydrogen) atoms. The average molecular weight is 534 g/mol. The molecular formula is C22H39IN4O3. The number of halogens is 1. The lowest BCUT2D eigenvalue weighted by atomic mass is 10.1. The third kappa shape index (κ3) is 10.8. The molecule has 1 aromatic rings. The fraction of sp³-hybridized carbons (Fsp3) is 0.682. The van der Waals surface area contributed by atoms with Gasteiger partial charge in [-0.15, -0.1) is 24.0 Å². The van der Waals surface area contributed by atoms with E-state index in [1.54, 1.807) is 0 Å². The topological polar surface area (TPSA) is 78.4 Å². The fourth-order valence-electron chi connectivity index (χ4n) is 3.21. The number of β-amino-alcohol motifs (C(OH)–C–C–N with tert-alkyl or cyclic N) is 1. The predicted molar refractivity (Wildman–Crippen MR) is 133 cm³/mol. The van der Waals surface area contributed by atoms with Gasteiger partial charge in [0.1, 0.15) is 5.75 Å². The highest BCUT2D eigenvalue weighted by Crippen LogP contribution is 2.14. The van der Waals surface area contributed by atoms with Crippen molar-refractivity contribution in [3.05, 3.63) is 29.8 Å². The zero-order valence-corrected chi connectivity index (χ0v) is 21.1. The first-order valence-corrected chi connectivity index (χ1v) is 10.7. The van der Waals surface area contributed by atoms with E-state index >= 15 is 0 Å². The molecule has 172 valence electrons. The summed E-state index contributed by atoms with van der Waals surface area (Å²) in [6.07, 6.45) is 1.07. The molecule has 0 aromatic heterocycles. The van der Waals surface area contributed by atoms with Crippen LogP contribution in [0.15, 0.2) is 29.3 Å². The van der Waals surface area contributed by atoms with Crippen LogP contribution in [0.5, 0.6) is 5.75 Å². The third-order valence-electron chi connectivity index (χ3n) is 4.59. The molecular weight excluding hydrogens is 495 g/mol. The second-order valence-electron chi connectivity index (χ2n) is 8.07. The Hall–Kier alpha value is -1.10. The maximum atomic E-state index is 10.7. The molecule has 0 amide bonds. The van der Waals surface area contributed by atoms with Crippen LogP contribution in [-0.2, 0) is 11.2 Å². The van der Waals surface area contributed by atoms with E-state index in [4.69, 9.17) is 9.47 Å². The van der Waals surface area contributed by atoms with Crippen molar-refractivity contribution in [1.29, 1.82) is 0 Å². The highest BCUT2D eigenvalue weighted by Gasteiger charge is 2.25. The van der Waals surface area contributed by atoms with Gasteiger partial charge in [-0.05, 0) is 51.8 Å². The molecule has 2 rings (SSSR count). The molecule has 7 nitrogen and oxygen atoms in total. The lowest BCUT2D eigenvalue weighted by Gasteiger charge is -2.33. The van der Waals surface area contributed by atoms with Crippen LogP contribution in [0.4, 0.5) is 0 Å². The summed E-state index contributed by atoms with van der Waals surface area (Å²) in [6, 6.07) is 8.21. The highest BCUT2D eigenvalue weighted by molar-refractivity contribution is 14.0. The van der Waals surface area contributed by atoms with Gasteiger partial charge in [0.05, 0.1) is 31.5 Å². The third-order valence-corrected chi connectivity index (χ3v) is 4.59. The van der Waals surface area contributed by atoms with Crippen molar-refractivity contribution in [3.63, 3.8) is 0 Å². The molecule has 1 saturated heterocycles. The van der Waals surface area contributed by atoms with Crippen molar-refractivity contribution in [3.8, 4) is 5.75 Å². The highest BCUT2D eigenvalue weighted by atomic mass is 127. The van der Waals surface area contributed by atoms with Crippen molar-refractivity contribution >= 4 is 29.9 Å². The molecule has 1 aliphatic rings.